The quantitative estimate of drug-likeness (QED) is 0.607. The minimum atomic E-state index is -0.203. The van der Waals surface area contributed by atoms with Gasteiger partial charge in [-0.25, -0.2) is 4.98 Å². The summed E-state index contributed by atoms with van der Waals surface area (Å²) in [6.07, 6.45) is 3.78. The van der Waals surface area contributed by atoms with Crippen molar-refractivity contribution in [3.63, 3.8) is 0 Å². The van der Waals surface area contributed by atoms with E-state index in [9.17, 15) is 0 Å². The number of aromatic amines is 1. The number of ether oxygens (including phenoxy) is 3. The van der Waals surface area contributed by atoms with Crippen molar-refractivity contribution in [1.82, 2.24) is 15.0 Å². The van der Waals surface area contributed by atoms with Crippen molar-refractivity contribution in [3.8, 4) is 6.01 Å². The van der Waals surface area contributed by atoms with E-state index in [-0.39, 0.29) is 18.3 Å². The number of H-pyrrole nitrogens is 1. The lowest BCUT2D eigenvalue weighted by molar-refractivity contribution is 0.0273. The van der Waals surface area contributed by atoms with Crippen LogP contribution in [0.1, 0.15) is 12.1 Å². The van der Waals surface area contributed by atoms with Gasteiger partial charge in [-0.15, -0.1) is 0 Å². The van der Waals surface area contributed by atoms with E-state index in [1.165, 1.54) is 6.20 Å². The van der Waals surface area contributed by atoms with Crippen molar-refractivity contribution >= 4 is 40.2 Å². The third-order valence-electron chi connectivity index (χ3n) is 5.15. The molecule has 0 spiro atoms. The molecule has 154 valence electrons. The molecule has 2 aliphatic rings. The molecular weight excluding hydrogens is 406 g/mol. The Labute approximate surface area is 177 Å². The number of aliphatic imine (C=N–C) groups is 1. The summed E-state index contributed by atoms with van der Waals surface area (Å²) in [7, 11) is 0. The maximum Gasteiger partial charge on any atom is 0.296 e. The molecule has 3 N–H and O–H groups in total. The summed E-state index contributed by atoms with van der Waals surface area (Å²) in [4.78, 5) is 16.6. The summed E-state index contributed by atoms with van der Waals surface area (Å²) >= 11 is 6.46. The van der Waals surface area contributed by atoms with E-state index in [1.54, 1.807) is 12.3 Å². The Bertz CT molecular complexity index is 1110. The molecule has 0 radical (unpaired) electrons. The minimum absolute atomic E-state index is 0.0636. The van der Waals surface area contributed by atoms with E-state index in [0.29, 0.717) is 46.7 Å². The average molecular weight is 426 g/mol. The van der Waals surface area contributed by atoms with Crippen molar-refractivity contribution < 1.29 is 14.2 Å². The first-order chi connectivity index (χ1) is 14.7. The zero-order valence-electron chi connectivity index (χ0n) is 16.0. The predicted octanol–water partition coefficient (Wildman–Crippen LogP) is 3.25. The summed E-state index contributed by atoms with van der Waals surface area (Å²) < 4.78 is 17.4. The topological polar surface area (TPSA) is 108 Å². The Balaban J connectivity index is 1.40. The standard InChI is InChI=1S/C21H20ClN5O3/c22-14-8-15-20(26-18(14)12(9-23)10-24-13-4-2-1-3-5-13)27-21(25-15)30-17-11-29-16-6-7-28-19(16)17/h1-5,8-10,16-17,19H,6-7,11,23H2,(H,25,26,27)/t16-,17?,19+/m1/s1. The number of allylic oxidation sites excluding steroid dienone is 1. The summed E-state index contributed by atoms with van der Waals surface area (Å²) in [5, 5.41) is 0.428. The van der Waals surface area contributed by atoms with Crippen molar-refractivity contribution in [2.45, 2.75) is 24.7 Å². The monoisotopic (exact) mass is 425 g/mol. The predicted molar refractivity (Wildman–Crippen MR) is 114 cm³/mol. The molecule has 0 saturated carbocycles. The first-order valence-electron chi connectivity index (χ1n) is 9.69. The summed E-state index contributed by atoms with van der Waals surface area (Å²) in [6, 6.07) is 11.6. The summed E-state index contributed by atoms with van der Waals surface area (Å²) in [6.45, 7) is 1.16. The lowest BCUT2D eigenvalue weighted by Crippen LogP contribution is -2.32. The van der Waals surface area contributed by atoms with E-state index in [0.717, 1.165) is 12.1 Å². The Morgan fingerprint density at radius 2 is 2.13 bits per heavy atom. The van der Waals surface area contributed by atoms with Gasteiger partial charge in [0.1, 0.15) is 6.10 Å². The molecule has 0 amide bonds. The highest BCUT2D eigenvalue weighted by atomic mass is 35.5. The first-order valence-corrected chi connectivity index (χ1v) is 10.1. The molecule has 1 unspecified atom stereocenters. The number of nitrogens with zero attached hydrogens (tertiary/aromatic N) is 3. The SMILES string of the molecule is NC=C(C=Nc1ccccc1)c1nc2nc(OC3CO[C@@H]4CCO[C@H]34)[nH]c2cc1Cl. The van der Waals surface area contributed by atoms with Crippen molar-refractivity contribution in [3.05, 3.63) is 53.3 Å². The summed E-state index contributed by atoms with van der Waals surface area (Å²) in [5.74, 6) is 0. The van der Waals surface area contributed by atoms with Crippen LogP contribution in [0.15, 0.2) is 47.6 Å². The molecule has 5 rings (SSSR count). The normalized spacial score (nSPS) is 24.0. The van der Waals surface area contributed by atoms with Gasteiger partial charge < -0.3 is 24.9 Å². The number of fused-ring (bicyclic) bond motifs is 2. The number of hydrogen-bond donors (Lipinski definition) is 2. The Morgan fingerprint density at radius 1 is 1.27 bits per heavy atom. The fourth-order valence-corrected chi connectivity index (χ4v) is 3.93. The first kappa shape index (κ1) is 19.0. The van der Waals surface area contributed by atoms with Gasteiger partial charge in [-0.3, -0.25) is 4.99 Å². The highest BCUT2D eigenvalue weighted by molar-refractivity contribution is 6.34. The van der Waals surface area contributed by atoms with Gasteiger partial charge in [-0.1, -0.05) is 29.8 Å². The van der Waals surface area contributed by atoms with Crippen molar-refractivity contribution in [2.75, 3.05) is 13.2 Å². The number of hydrogen-bond acceptors (Lipinski definition) is 7. The fraction of sp³-hybridized carbons (Fsp3) is 0.286. The second-order valence-electron chi connectivity index (χ2n) is 7.10. The van der Waals surface area contributed by atoms with Gasteiger partial charge in [0.2, 0.25) is 0 Å². The molecule has 2 aromatic heterocycles. The molecule has 30 heavy (non-hydrogen) atoms. The number of aromatic nitrogens is 3. The molecule has 2 saturated heterocycles. The molecule has 2 fully saturated rings. The number of benzene rings is 1. The highest BCUT2D eigenvalue weighted by Crippen LogP contribution is 2.30. The lowest BCUT2D eigenvalue weighted by Gasteiger charge is -2.15. The van der Waals surface area contributed by atoms with E-state index in [1.807, 2.05) is 30.3 Å². The smallest absolute Gasteiger partial charge is 0.296 e. The molecule has 4 heterocycles. The van der Waals surface area contributed by atoms with Crippen LogP contribution in [0.2, 0.25) is 5.02 Å². The molecular formula is C21H20ClN5O3. The molecule has 9 heteroatoms. The van der Waals surface area contributed by atoms with E-state index in [4.69, 9.17) is 31.5 Å². The summed E-state index contributed by atoms with van der Waals surface area (Å²) in [5.41, 5.74) is 8.83. The zero-order valence-corrected chi connectivity index (χ0v) is 16.7. The van der Waals surface area contributed by atoms with E-state index < -0.39 is 0 Å². The molecule has 0 aliphatic carbocycles. The van der Waals surface area contributed by atoms with Crippen LogP contribution in [0.3, 0.4) is 0 Å². The number of imidazole rings is 1. The maximum absolute atomic E-state index is 6.46. The van der Waals surface area contributed by atoms with E-state index >= 15 is 0 Å². The number of para-hydroxylation sites is 1. The lowest BCUT2D eigenvalue weighted by atomic mass is 10.1. The molecule has 8 nitrogen and oxygen atoms in total. The Hall–Kier alpha value is -2.94. The zero-order chi connectivity index (χ0) is 20.5. The van der Waals surface area contributed by atoms with Crippen LogP contribution in [0, 0.1) is 0 Å². The third kappa shape index (κ3) is 3.65. The number of nitrogens with two attached hydrogens (primary N) is 1. The maximum atomic E-state index is 6.46. The Kier molecular flexibility index (Phi) is 5.12. The third-order valence-corrected chi connectivity index (χ3v) is 5.44. The van der Waals surface area contributed by atoms with Crippen LogP contribution in [-0.4, -0.2) is 52.7 Å². The fourth-order valence-electron chi connectivity index (χ4n) is 3.67. The number of nitrogens with one attached hydrogen (secondary N) is 1. The van der Waals surface area contributed by atoms with Gasteiger partial charge in [0.15, 0.2) is 11.8 Å². The van der Waals surface area contributed by atoms with Gasteiger partial charge in [-0.2, -0.15) is 4.98 Å². The van der Waals surface area contributed by atoms with Gasteiger partial charge >= 0.3 is 0 Å². The number of rotatable bonds is 5. The number of pyridine rings is 1. The molecule has 1 aromatic carbocycles. The van der Waals surface area contributed by atoms with Gasteiger partial charge in [-0.05, 0) is 24.6 Å². The van der Waals surface area contributed by atoms with Crippen molar-refractivity contribution in [1.29, 1.82) is 0 Å². The van der Waals surface area contributed by atoms with Crippen LogP contribution in [0.4, 0.5) is 5.69 Å². The molecule has 0 bridgehead atoms. The molecule has 3 atom stereocenters. The molecule has 3 aromatic rings. The van der Waals surface area contributed by atoms with E-state index in [2.05, 4.69) is 19.9 Å². The van der Waals surface area contributed by atoms with Crippen molar-refractivity contribution in [2.24, 2.45) is 10.7 Å². The van der Waals surface area contributed by atoms with Gasteiger partial charge in [0, 0.05) is 24.6 Å². The van der Waals surface area contributed by atoms with Gasteiger partial charge in [0.25, 0.3) is 6.01 Å². The second kappa shape index (κ2) is 8.06. The minimum Gasteiger partial charge on any atom is -0.456 e. The number of halogens is 1. The molecule has 2 aliphatic heterocycles. The van der Waals surface area contributed by atoms with Crippen LogP contribution in [-0.2, 0) is 9.47 Å². The van der Waals surface area contributed by atoms with Gasteiger partial charge in [0.05, 0.1) is 34.6 Å². The second-order valence-corrected chi connectivity index (χ2v) is 7.51. The Morgan fingerprint density at radius 3 is 2.97 bits per heavy atom. The largest absolute Gasteiger partial charge is 0.456 e. The average Bonchev–Trinajstić information content (AvgIpc) is 3.46. The van der Waals surface area contributed by atoms with Crippen LogP contribution in [0.25, 0.3) is 16.7 Å². The van der Waals surface area contributed by atoms with Crippen LogP contribution in [0.5, 0.6) is 6.01 Å². The van der Waals surface area contributed by atoms with Crippen LogP contribution < -0.4 is 10.5 Å². The van der Waals surface area contributed by atoms with Crippen LogP contribution >= 0.6 is 11.6 Å². The highest BCUT2D eigenvalue weighted by Gasteiger charge is 2.43.